The first-order chi connectivity index (χ1) is 20.1. The number of carbonyl (C=O) groups is 2. The monoisotopic (exact) mass is 578 g/mol. The normalized spacial score (nSPS) is 14.5. The molecule has 42 heavy (non-hydrogen) atoms. The Kier molecular flexibility index (Phi) is 8.27. The van der Waals surface area contributed by atoms with Gasteiger partial charge in [0.15, 0.2) is 0 Å². The molecule has 0 saturated carbocycles. The summed E-state index contributed by atoms with van der Waals surface area (Å²) in [7, 11) is 2.04. The van der Waals surface area contributed by atoms with Gasteiger partial charge in [0.05, 0.1) is 5.69 Å². The van der Waals surface area contributed by atoms with Crippen LogP contribution in [0.5, 0.6) is 0 Å². The number of aliphatic imine (C=N–C) groups is 1. The van der Waals surface area contributed by atoms with E-state index in [2.05, 4.69) is 19.8 Å². The molecule has 3 aromatic carbocycles. The smallest absolute Gasteiger partial charge is 0.325 e. The summed E-state index contributed by atoms with van der Waals surface area (Å²) in [4.78, 5) is 38.7. The summed E-state index contributed by atoms with van der Waals surface area (Å²) in [6, 6.07) is 10.3. The SMILES string of the molecule is CN1CCN(C/C=N/C(=O)c2ccc3c(-c4ccc(F)cc4F)nc(N(C(N)=O)c4c(F)cccc4F)cc3c2)CC1. The number of nitrogens with two attached hydrogens (primary N) is 1. The van der Waals surface area contributed by atoms with Crippen molar-refractivity contribution >= 4 is 40.4 Å². The largest absolute Gasteiger partial charge is 0.351 e. The maximum atomic E-state index is 14.9. The summed E-state index contributed by atoms with van der Waals surface area (Å²) in [5.41, 5.74) is 4.70. The number of hydrogen-bond donors (Lipinski definition) is 1. The highest BCUT2D eigenvalue weighted by atomic mass is 19.1. The molecule has 1 aliphatic rings. The Morgan fingerprint density at radius 1 is 0.952 bits per heavy atom. The first-order valence-corrected chi connectivity index (χ1v) is 13.0. The Hall–Kier alpha value is -4.68. The summed E-state index contributed by atoms with van der Waals surface area (Å²) in [5, 5.41) is 0.586. The van der Waals surface area contributed by atoms with E-state index in [1.807, 2.05) is 7.05 Å². The number of aromatic nitrogens is 1. The molecule has 4 aromatic rings. The van der Waals surface area contributed by atoms with E-state index in [1.54, 1.807) is 0 Å². The lowest BCUT2D eigenvalue weighted by molar-refractivity contribution is 0.100. The van der Waals surface area contributed by atoms with Crippen molar-refractivity contribution in [2.45, 2.75) is 0 Å². The summed E-state index contributed by atoms with van der Waals surface area (Å²) < 4.78 is 58.2. The van der Waals surface area contributed by atoms with Crippen LogP contribution in [-0.2, 0) is 0 Å². The van der Waals surface area contributed by atoms with E-state index in [0.29, 0.717) is 22.9 Å². The minimum atomic E-state index is -1.27. The average Bonchev–Trinajstić information content (AvgIpc) is 2.95. The van der Waals surface area contributed by atoms with Crippen LogP contribution in [0, 0.1) is 23.3 Å². The molecule has 1 aromatic heterocycles. The molecule has 5 rings (SSSR count). The number of piperazine rings is 1. The number of para-hydroxylation sites is 1. The molecular formula is C30H26F4N6O2. The predicted octanol–water partition coefficient (Wildman–Crippen LogP) is 5.13. The van der Waals surface area contributed by atoms with Gasteiger partial charge in [0.1, 0.15) is 34.8 Å². The second-order valence-corrected chi connectivity index (χ2v) is 9.85. The molecule has 2 N–H and O–H groups in total. The van der Waals surface area contributed by atoms with Crippen LogP contribution in [0.4, 0.5) is 33.9 Å². The second kappa shape index (κ2) is 12.0. The van der Waals surface area contributed by atoms with Crippen molar-refractivity contribution in [2.75, 3.05) is 44.7 Å². The number of halogens is 4. The molecular weight excluding hydrogens is 552 g/mol. The van der Waals surface area contributed by atoms with Gasteiger partial charge in [-0.3, -0.25) is 9.69 Å². The fourth-order valence-electron chi connectivity index (χ4n) is 4.76. The van der Waals surface area contributed by atoms with E-state index in [0.717, 1.165) is 56.5 Å². The fraction of sp³-hybridized carbons (Fsp3) is 0.200. The molecule has 216 valence electrons. The van der Waals surface area contributed by atoms with Gasteiger partial charge in [0.2, 0.25) is 0 Å². The molecule has 0 atom stereocenters. The summed E-state index contributed by atoms with van der Waals surface area (Å²) in [6.07, 6.45) is 1.53. The predicted molar refractivity (Wildman–Crippen MR) is 152 cm³/mol. The van der Waals surface area contributed by atoms with E-state index in [4.69, 9.17) is 5.73 Å². The van der Waals surface area contributed by atoms with Crippen molar-refractivity contribution < 1.29 is 27.2 Å². The number of hydrogen-bond acceptors (Lipinski definition) is 5. The van der Waals surface area contributed by atoms with Crippen molar-refractivity contribution in [1.29, 1.82) is 0 Å². The Morgan fingerprint density at radius 2 is 1.67 bits per heavy atom. The lowest BCUT2D eigenvalue weighted by atomic mass is 10.0. The summed E-state index contributed by atoms with van der Waals surface area (Å²) >= 11 is 0. The zero-order valence-corrected chi connectivity index (χ0v) is 22.5. The number of rotatable bonds is 6. The Balaban J connectivity index is 1.60. The molecule has 1 fully saturated rings. The lowest BCUT2D eigenvalue weighted by Gasteiger charge is -2.31. The van der Waals surface area contributed by atoms with Crippen LogP contribution in [0.2, 0.25) is 0 Å². The first kappa shape index (κ1) is 28.8. The third-order valence-electron chi connectivity index (χ3n) is 7.01. The number of anilines is 2. The molecule has 0 unspecified atom stereocenters. The van der Waals surface area contributed by atoms with Crippen LogP contribution in [0.15, 0.2) is 65.7 Å². The van der Waals surface area contributed by atoms with E-state index in [-0.39, 0.29) is 28.0 Å². The van der Waals surface area contributed by atoms with Crippen molar-refractivity contribution in [3.8, 4) is 11.3 Å². The molecule has 0 aliphatic carbocycles. The highest BCUT2D eigenvalue weighted by Crippen LogP contribution is 2.36. The van der Waals surface area contributed by atoms with Gasteiger partial charge in [-0.15, -0.1) is 0 Å². The molecule has 12 heteroatoms. The minimum absolute atomic E-state index is 0.0689. The number of nitrogens with zero attached hydrogens (tertiary/aromatic N) is 5. The summed E-state index contributed by atoms with van der Waals surface area (Å²) in [5.74, 6) is -4.87. The third-order valence-corrected chi connectivity index (χ3v) is 7.01. The van der Waals surface area contributed by atoms with Crippen molar-refractivity contribution in [3.05, 3.63) is 89.5 Å². The number of likely N-dealkylation sites (N-methyl/N-ethyl adjacent to an activating group) is 1. The Morgan fingerprint density at radius 3 is 2.33 bits per heavy atom. The number of amides is 3. The van der Waals surface area contributed by atoms with E-state index in [1.165, 1.54) is 30.5 Å². The molecule has 0 bridgehead atoms. The van der Waals surface area contributed by atoms with Crippen LogP contribution >= 0.6 is 0 Å². The summed E-state index contributed by atoms with van der Waals surface area (Å²) in [6.45, 7) is 4.03. The molecule has 2 heterocycles. The van der Waals surface area contributed by atoms with Gasteiger partial charge in [0.25, 0.3) is 5.91 Å². The van der Waals surface area contributed by atoms with E-state index in [9.17, 15) is 27.2 Å². The standard InChI is InChI=1S/C30H26F4N6O2/c1-38-11-13-39(14-12-38)10-9-36-29(41)18-5-7-21-19(15-18)16-26(37-27(21)22-8-6-20(31)17-25(22)34)40(30(35)42)28-23(32)3-2-4-24(28)33/h2-9,15-17H,10-14H2,1H3,(H2,35,42)/b36-9+. The van der Waals surface area contributed by atoms with Crippen molar-refractivity contribution in [1.82, 2.24) is 14.8 Å². The number of pyridine rings is 1. The molecule has 0 radical (unpaired) electrons. The lowest BCUT2D eigenvalue weighted by Crippen LogP contribution is -2.45. The molecule has 1 aliphatic heterocycles. The number of fused-ring (bicyclic) bond motifs is 1. The highest BCUT2D eigenvalue weighted by molar-refractivity contribution is 6.06. The maximum absolute atomic E-state index is 14.9. The van der Waals surface area contributed by atoms with Gasteiger partial charge in [0, 0.05) is 61.5 Å². The van der Waals surface area contributed by atoms with Gasteiger partial charge < -0.3 is 10.6 Å². The molecule has 0 spiro atoms. The number of carbonyl (C=O) groups excluding carboxylic acids is 2. The van der Waals surface area contributed by atoms with Crippen LogP contribution in [0.1, 0.15) is 10.4 Å². The minimum Gasteiger partial charge on any atom is -0.351 e. The zero-order valence-electron chi connectivity index (χ0n) is 22.5. The number of urea groups is 1. The molecule has 3 amide bonds. The van der Waals surface area contributed by atoms with Crippen LogP contribution in [0.25, 0.3) is 22.0 Å². The van der Waals surface area contributed by atoms with Crippen LogP contribution in [-0.4, -0.2) is 72.7 Å². The van der Waals surface area contributed by atoms with Crippen LogP contribution < -0.4 is 10.6 Å². The molecule has 8 nitrogen and oxygen atoms in total. The fourth-order valence-corrected chi connectivity index (χ4v) is 4.76. The third kappa shape index (κ3) is 5.99. The van der Waals surface area contributed by atoms with Crippen LogP contribution in [0.3, 0.4) is 0 Å². The van der Waals surface area contributed by atoms with E-state index < -0.39 is 40.9 Å². The van der Waals surface area contributed by atoms with Gasteiger partial charge in [-0.05, 0) is 54.9 Å². The number of benzene rings is 3. The van der Waals surface area contributed by atoms with Crippen molar-refractivity contribution in [2.24, 2.45) is 10.7 Å². The van der Waals surface area contributed by atoms with Crippen molar-refractivity contribution in [3.63, 3.8) is 0 Å². The number of primary amides is 1. The topological polar surface area (TPSA) is 95.1 Å². The second-order valence-electron chi connectivity index (χ2n) is 9.85. The molecule has 1 saturated heterocycles. The zero-order chi connectivity index (χ0) is 30.0. The van der Waals surface area contributed by atoms with Gasteiger partial charge >= 0.3 is 6.03 Å². The van der Waals surface area contributed by atoms with Gasteiger partial charge in [-0.2, -0.15) is 0 Å². The highest BCUT2D eigenvalue weighted by Gasteiger charge is 2.26. The Bertz CT molecular complexity index is 1690. The average molecular weight is 579 g/mol. The van der Waals surface area contributed by atoms with Gasteiger partial charge in [-0.1, -0.05) is 12.1 Å². The van der Waals surface area contributed by atoms with Gasteiger partial charge in [-0.25, -0.2) is 37.2 Å². The quantitative estimate of drug-likeness (QED) is 0.253. The first-order valence-electron chi connectivity index (χ1n) is 13.0. The van der Waals surface area contributed by atoms with E-state index >= 15 is 0 Å². The maximum Gasteiger partial charge on any atom is 0.325 e. The Labute approximate surface area is 238 Å².